The second-order valence-corrected chi connectivity index (χ2v) is 8.52. The summed E-state index contributed by atoms with van der Waals surface area (Å²) in [6.07, 6.45) is 10.9. The smallest absolute Gasteiger partial charge is 0.132 e. The number of H-pyrrole nitrogens is 1. The Kier molecular flexibility index (Phi) is 7.99. The molecule has 0 bridgehead atoms. The van der Waals surface area contributed by atoms with Gasteiger partial charge in [0.05, 0.1) is 17.9 Å². The Hall–Kier alpha value is -3.31. The molecule has 5 heteroatoms. The fourth-order valence-electron chi connectivity index (χ4n) is 4.12. The first-order valence-corrected chi connectivity index (χ1v) is 11.9. The number of carbonyl (C=O) groups is 1. The molecular weight excluding hydrogens is 408 g/mol. The van der Waals surface area contributed by atoms with Crippen molar-refractivity contribution in [2.75, 3.05) is 0 Å². The highest BCUT2D eigenvalue weighted by molar-refractivity contribution is 5.86. The number of rotatable bonds is 12. The molecule has 2 aromatic heterocycles. The Morgan fingerprint density at radius 2 is 1.82 bits per heavy atom. The number of aromatic nitrogens is 3. The fourth-order valence-corrected chi connectivity index (χ4v) is 4.12. The number of nitrogens with one attached hydrogen (secondary N) is 2. The van der Waals surface area contributed by atoms with Crippen LogP contribution in [0.4, 0.5) is 0 Å². The maximum atomic E-state index is 11.6. The minimum atomic E-state index is 0.120. The Balaban J connectivity index is 1.45. The summed E-state index contributed by atoms with van der Waals surface area (Å²) in [5.41, 5.74) is 3.36. The second kappa shape index (κ2) is 11.5. The van der Waals surface area contributed by atoms with Gasteiger partial charge in [-0.2, -0.15) is 0 Å². The van der Waals surface area contributed by atoms with Crippen LogP contribution in [0.25, 0.3) is 22.0 Å². The summed E-state index contributed by atoms with van der Waals surface area (Å²) < 4.78 is 0. The van der Waals surface area contributed by atoms with Gasteiger partial charge in [-0.1, -0.05) is 56.2 Å². The summed E-state index contributed by atoms with van der Waals surface area (Å²) in [5, 5.41) is 6.13. The van der Waals surface area contributed by atoms with Crippen LogP contribution in [-0.4, -0.2) is 20.7 Å². The van der Waals surface area contributed by atoms with Gasteiger partial charge in [0.25, 0.3) is 0 Å². The van der Waals surface area contributed by atoms with E-state index in [0.717, 1.165) is 49.3 Å². The number of pyridine rings is 1. The standard InChI is InChI=1S/C28H32N4O/c1-2-25(33)10-4-3-5-11-26(30-19-21-14-16-29-17-15-21)28-31-20-27(32-28)24-13-12-22-8-6-7-9-23(22)18-24/h6-9,12-18,20,26,30H,2-5,10-11,19H2,1H3,(H,31,32). The van der Waals surface area contributed by atoms with Crippen molar-refractivity contribution in [3.8, 4) is 11.3 Å². The minimum absolute atomic E-state index is 0.120. The number of nitrogens with zero attached hydrogens (tertiary/aromatic N) is 2. The van der Waals surface area contributed by atoms with E-state index in [1.165, 1.54) is 16.3 Å². The number of hydrogen-bond donors (Lipinski definition) is 2. The third kappa shape index (κ3) is 6.36. The van der Waals surface area contributed by atoms with Gasteiger partial charge in [-0.15, -0.1) is 0 Å². The molecule has 0 aliphatic rings. The topological polar surface area (TPSA) is 70.7 Å². The van der Waals surface area contributed by atoms with Crippen LogP contribution in [-0.2, 0) is 11.3 Å². The van der Waals surface area contributed by atoms with Gasteiger partial charge < -0.3 is 10.3 Å². The number of unbranched alkanes of at least 4 members (excludes halogenated alkanes) is 2. The molecule has 0 fully saturated rings. The molecule has 0 aliphatic carbocycles. The molecule has 33 heavy (non-hydrogen) atoms. The normalized spacial score (nSPS) is 12.2. The maximum absolute atomic E-state index is 11.6. The van der Waals surface area contributed by atoms with E-state index in [4.69, 9.17) is 4.98 Å². The monoisotopic (exact) mass is 440 g/mol. The van der Waals surface area contributed by atoms with Crippen molar-refractivity contribution in [1.82, 2.24) is 20.3 Å². The summed E-state index contributed by atoms with van der Waals surface area (Å²) in [6, 6.07) is 19.1. The highest BCUT2D eigenvalue weighted by Gasteiger charge is 2.16. The van der Waals surface area contributed by atoms with Crippen molar-refractivity contribution in [2.45, 2.75) is 58.0 Å². The average molecular weight is 441 g/mol. The molecule has 0 amide bonds. The first-order chi connectivity index (χ1) is 16.2. The molecule has 0 aliphatic heterocycles. The summed E-state index contributed by atoms with van der Waals surface area (Å²) in [6.45, 7) is 2.69. The minimum Gasteiger partial charge on any atom is -0.341 e. The first kappa shape index (κ1) is 22.9. The lowest BCUT2D eigenvalue weighted by Crippen LogP contribution is -2.22. The number of carbonyl (C=O) groups excluding carboxylic acids is 1. The van der Waals surface area contributed by atoms with Crippen LogP contribution in [0.15, 0.2) is 73.2 Å². The molecule has 2 N–H and O–H groups in total. The lowest BCUT2D eigenvalue weighted by atomic mass is 10.0. The van der Waals surface area contributed by atoms with Crippen LogP contribution >= 0.6 is 0 Å². The number of ketones is 1. The number of imidazole rings is 1. The molecule has 2 heterocycles. The SMILES string of the molecule is CCC(=O)CCCCCC(NCc1ccncc1)c1ncc(-c2ccc3ccccc3c2)[nH]1. The van der Waals surface area contributed by atoms with Crippen molar-refractivity contribution in [1.29, 1.82) is 0 Å². The van der Waals surface area contributed by atoms with Gasteiger partial charge in [0.1, 0.15) is 11.6 Å². The highest BCUT2D eigenvalue weighted by Crippen LogP contribution is 2.26. The van der Waals surface area contributed by atoms with E-state index in [-0.39, 0.29) is 6.04 Å². The third-order valence-electron chi connectivity index (χ3n) is 6.13. The van der Waals surface area contributed by atoms with Gasteiger partial charge in [0.15, 0.2) is 0 Å². The van der Waals surface area contributed by atoms with Crippen molar-refractivity contribution < 1.29 is 4.79 Å². The molecule has 1 atom stereocenters. The van der Waals surface area contributed by atoms with Gasteiger partial charge in [-0.3, -0.25) is 9.78 Å². The molecule has 4 rings (SSSR count). The highest BCUT2D eigenvalue weighted by atomic mass is 16.1. The van der Waals surface area contributed by atoms with Crippen molar-refractivity contribution >= 4 is 16.6 Å². The van der Waals surface area contributed by atoms with Gasteiger partial charge in [0.2, 0.25) is 0 Å². The van der Waals surface area contributed by atoms with E-state index in [2.05, 4.69) is 57.7 Å². The summed E-state index contributed by atoms with van der Waals surface area (Å²) in [7, 11) is 0. The molecule has 0 saturated heterocycles. The quantitative estimate of drug-likeness (QED) is 0.251. The van der Waals surface area contributed by atoms with Crippen LogP contribution in [0.1, 0.15) is 62.9 Å². The Morgan fingerprint density at radius 1 is 1.00 bits per heavy atom. The zero-order valence-electron chi connectivity index (χ0n) is 19.3. The van der Waals surface area contributed by atoms with Crippen molar-refractivity contribution in [3.63, 3.8) is 0 Å². The number of fused-ring (bicyclic) bond motifs is 1. The molecular formula is C28H32N4O. The molecule has 2 aromatic carbocycles. The lowest BCUT2D eigenvalue weighted by molar-refractivity contribution is -0.118. The van der Waals surface area contributed by atoms with Crippen LogP contribution in [0.3, 0.4) is 0 Å². The van der Waals surface area contributed by atoms with E-state index in [0.29, 0.717) is 18.6 Å². The largest absolute Gasteiger partial charge is 0.341 e. The predicted octanol–water partition coefficient (Wildman–Crippen LogP) is 6.39. The fraction of sp³-hybridized carbons (Fsp3) is 0.321. The second-order valence-electron chi connectivity index (χ2n) is 8.52. The summed E-state index contributed by atoms with van der Waals surface area (Å²) in [5.74, 6) is 1.31. The van der Waals surface area contributed by atoms with E-state index in [1.807, 2.05) is 37.6 Å². The summed E-state index contributed by atoms with van der Waals surface area (Å²) in [4.78, 5) is 24.0. The average Bonchev–Trinajstić information content (AvgIpc) is 3.36. The zero-order valence-corrected chi connectivity index (χ0v) is 19.3. The van der Waals surface area contributed by atoms with Gasteiger partial charge in [-0.05, 0) is 47.4 Å². The summed E-state index contributed by atoms with van der Waals surface area (Å²) >= 11 is 0. The van der Waals surface area contributed by atoms with Crippen LogP contribution in [0, 0.1) is 0 Å². The van der Waals surface area contributed by atoms with E-state index >= 15 is 0 Å². The molecule has 0 radical (unpaired) electrons. The van der Waals surface area contributed by atoms with Gasteiger partial charge >= 0.3 is 0 Å². The Labute approximate surface area is 195 Å². The van der Waals surface area contributed by atoms with E-state index in [1.54, 1.807) is 0 Å². The molecule has 0 saturated carbocycles. The number of hydrogen-bond acceptors (Lipinski definition) is 4. The molecule has 1 unspecified atom stereocenters. The lowest BCUT2D eigenvalue weighted by Gasteiger charge is -2.17. The number of Topliss-reactive ketones (excluding diaryl/α,β-unsaturated/α-hetero) is 1. The van der Waals surface area contributed by atoms with Crippen molar-refractivity contribution in [2.24, 2.45) is 0 Å². The van der Waals surface area contributed by atoms with Crippen LogP contribution in [0.5, 0.6) is 0 Å². The van der Waals surface area contributed by atoms with Gasteiger partial charge in [-0.25, -0.2) is 4.98 Å². The van der Waals surface area contributed by atoms with Gasteiger partial charge in [0, 0.05) is 37.3 Å². The number of aromatic amines is 1. The zero-order chi connectivity index (χ0) is 22.9. The maximum Gasteiger partial charge on any atom is 0.132 e. The first-order valence-electron chi connectivity index (χ1n) is 11.9. The van der Waals surface area contributed by atoms with Crippen LogP contribution in [0.2, 0.25) is 0 Å². The molecule has 5 nitrogen and oxygen atoms in total. The predicted molar refractivity (Wildman–Crippen MR) is 134 cm³/mol. The molecule has 170 valence electrons. The van der Waals surface area contributed by atoms with E-state index in [9.17, 15) is 4.79 Å². The Morgan fingerprint density at radius 3 is 2.64 bits per heavy atom. The Bertz CT molecular complexity index is 1170. The molecule has 0 spiro atoms. The van der Waals surface area contributed by atoms with Crippen molar-refractivity contribution in [3.05, 3.63) is 84.6 Å². The molecule has 4 aromatic rings. The third-order valence-corrected chi connectivity index (χ3v) is 6.13. The van der Waals surface area contributed by atoms with Crippen LogP contribution < -0.4 is 5.32 Å². The number of benzene rings is 2. The van der Waals surface area contributed by atoms with E-state index < -0.39 is 0 Å².